The smallest absolute Gasteiger partial charge is 0.343 e. The van der Waals surface area contributed by atoms with Crippen LogP contribution in [0.15, 0.2) is 75.4 Å². The topological polar surface area (TPSA) is 52.6 Å². The average molecular weight is 792 g/mol. The van der Waals surface area contributed by atoms with Crippen LogP contribution in [-0.4, -0.2) is 11.9 Å². The van der Waals surface area contributed by atoms with Crippen LogP contribution in [0.25, 0.3) is 0 Å². The standard InChI is InChI=1S/C20H8Br6O4/c21-11-5-13(23)17(14(24)6-11)29-19(27)9-2-1-3-10(4-9)20(28)30-18-15(25)7-12(22)8-16(18)26/h1-8H. The van der Waals surface area contributed by atoms with E-state index in [1.165, 1.54) is 6.07 Å². The van der Waals surface area contributed by atoms with Crippen molar-refractivity contribution in [1.82, 2.24) is 0 Å². The lowest BCUT2D eigenvalue weighted by molar-refractivity contribution is 0.0732. The summed E-state index contributed by atoms with van der Waals surface area (Å²) < 4.78 is 15.0. The molecule has 154 valence electrons. The lowest BCUT2D eigenvalue weighted by atomic mass is 10.1. The minimum absolute atomic E-state index is 0.208. The van der Waals surface area contributed by atoms with E-state index in [0.29, 0.717) is 29.4 Å². The van der Waals surface area contributed by atoms with E-state index < -0.39 is 11.9 Å². The average Bonchev–Trinajstić information content (AvgIpc) is 2.67. The number of hydrogen-bond donors (Lipinski definition) is 0. The molecule has 0 aliphatic heterocycles. The Morgan fingerprint density at radius 1 is 0.567 bits per heavy atom. The molecule has 0 aliphatic carbocycles. The number of esters is 2. The second-order valence-electron chi connectivity index (χ2n) is 5.76. The van der Waals surface area contributed by atoms with E-state index in [9.17, 15) is 9.59 Å². The van der Waals surface area contributed by atoms with Gasteiger partial charge in [-0.3, -0.25) is 0 Å². The lowest BCUT2D eigenvalue weighted by Gasteiger charge is -2.11. The highest BCUT2D eigenvalue weighted by molar-refractivity contribution is 9.12. The first-order valence-corrected chi connectivity index (χ1v) is 12.7. The fraction of sp³-hybridized carbons (Fsp3) is 0. The molecule has 30 heavy (non-hydrogen) atoms. The third-order valence-electron chi connectivity index (χ3n) is 3.65. The zero-order chi connectivity index (χ0) is 22.0. The van der Waals surface area contributed by atoms with E-state index in [1.807, 2.05) is 0 Å². The number of hydrogen-bond acceptors (Lipinski definition) is 4. The quantitative estimate of drug-likeness (QED) is 0.196. The SMILES string of the molecule is O=C(Oc1c(Br)cc(Br)cc1Br)c1cccc(C(=O)Oc2c(Br)cc(Br)cc2Br)c1. The summed E-state index contributed by atoms with van der Waals surface area (Å²) in [5, 5.41) is 0. The van der Waals surface area contributed by atoms with Gasteiger partial charge in [-0.1, -0.05) is 37.9 Å². The highest BCUT2D eigenvalue weighted by atomic mass is 79.9. The van der Waals surface area contributed by atoms with Gasteiger partial charge in [-0.15, -0.1) is 0 Å². The molecule has 0 atom stereocenters. The largest absolute Gasteiger partial charge is 0.421 e. The number of ether oxygens (including phenoxy) is 2. The summed E-state index contributed by atoms with van der Waals surface area (Å²) in [6.45, 7) is 0. The molecule has 10 heteroatoms. The maximum Gasteiger partial charge on any atom is 0.343 e. The minimum Gasteiger partial charge on any atom is -0.421 e. The molecule has 0 N–H and O–H groups in total. The summed E-state index contributed by atoms with van der Waals surface area (Å²) in [5.74, 6) is -0.559. The molecule has 0 spiro atoms. The maximum absolute atomic E-state index is 12.6. The Morgan fingerprint density at radius 3 is 1.23 bits per heavy atom. The van der Waals surface area contributed by atoms with Crippen molar-refractivity contribution >= 4 is 108 Å². The van der Waals surface area contributed by atoms with Gasteiger partial charge in [-0.2, -0.15) is 0 Å². The predicted octanol–water partition coefficient (Wildman–Crippen LogP) is 8.70. The van der Waals surface area contributed by atoms with Crippen molar-refractivity contribution < 1.29 is 19.1 Å². The molecule has 0 bridgehead atoms. The van der Waals surface area contributed by atoms with Crippen LogP contribution < -0.4 is 9.47 Å². The van der Waals surface area contributed by atoms with Gasteiger partial charge in [0.1, 0.15) is 0 Å². The summed E-state index contributed by atoms with van der Waals surface area (Å²) in [6.07, 6.45) is 0. The fourth-order valence-electron chi connectivity index (χ4n) is 2.33. The Balaban J connectivity index is 1.82. The Hall–Kier alpha value is -0.520. The molecule has 3 aromatic carbocycles. The summed E-state index contributed by atoms with van der Waals surface area (Å²) in [5.41, 5.74) is 0.417. The monoisotopic (exact) mass is 786 g/mol. The summed E-state index contributed by atoms with van der Waals surface area (Å²) in [6, 6.07) is 13.2. The molecule has 0 saturated heterocycles. The van der Waals surface area contributed by atoms with Gasteiger partial charge in [0.25, 0.3) is 0 Å². The van der Waals surface area contributed by atoms with Crippen molar-refractivity contribution in [2.24, 2.45) is 0 Å². The minimum atomic E-state index is -0.612. The van der Waals surface area contributed by atoms with Crippen molar-refractivity contribution in [3.8, 4) is 11.5 Å². The van der Waals surface area contributed by atoms with E-state index in [4.69, 9.17) is 9.47 Å². The number of carbonyl (C=O) groups excluding carboxylic acids is 2. The van der Waals surface area contributed by atoms with Crippen LogP contribution in [0.1, 0.15) is 20.7 Å². The molecular formula is C20H8Br6O4. The molecular weight excluding hydrogens is 784 g/mol. The van der Waals surface area contributed by atoms with Crippen molar-refractivity contribution in [2.75, 3.05) is 0 Å². The second kappa shape index (κ2) is 10.4. The molecule has 0 amide bonds. The molecule has 0 fully saturated rings. The molecule has 3 aromatic rings. The van der Waals surface area contributed by atoms with E-state index in [-0.39, 0.29) is 11.1 Å². The van der Waals surface area contributed by atoms with Crippen LogP contribution in [-0.2, 0) is 0 Å². The Morgan fingerprint density at radius 2 is 0.900 bits per heavy atom. The van der Waals surface area contributed by atoms with Gasteiger partial charge >= 0.3 is 11.9 Å². The third kappa shape index (κ3) is 5.83. The Bertz CT molecular complexity index is 1030. The van der Waals surface area contributed by atoms with Crippen LogP contribution >= 0.6 is 95.6 Å². The highest BCUT2D eigenvalue weighted by Crippen LogP contribution is 2.38. The number of halogens is 6. The molecule has 0 aliphatic rings. The molecule has 3 rings (SSSR count). The van der Waals surface area contributed by atoms with Crippen LogP contribution in [0.3, 0.4) is 0 Å². The van der Waals surface area contributed by atoms with Crippen LogP contribution in [0.2, 0.25) is 0 Å². The number of carbonyl (C=O) groups is 2. The van der Waals surface area contributed by atoms with Crippen LogP contribution in [0.5, 0.6) is 11.5 Å². The number of benzene rings is 3. The molecule has 0 unspecified atom stereocenters. The van der Waals surface area contributed by atoms with Crippen molar-refractivity contribution in [2.45, 2.75) is 0 Å². The summed E-state index contributed by atoms with van der Waals surface area (Å²) in [7, 11) is 0. The first-order chi connectivity index (χ1) is 14.2. The van der Waals surface area contributed by atoms with Crippen LogP contribution in [0, 0.1) is 0 Å². The van der Waals surface area contributed by atoms with E-state index in [2.05, 4.69) is 95.6 Å². The predicted molar refractivity (Wildman–Crippen MR) is 135 cm³/mol. The van der Waals surface area contributed by atoms with Gasteiger partial charge in [0, 0.05) is 8.95 Å². The molecule has 0 heterocycles. The molecule has 4 nitrogen and oxygen atoms in total. The fourth-order valence-corrected chi connectivity index (χ4v) is 7.17. The third-order valence-corrected chi connectivity index (χ3v) is 6.92. The molecule has 0 radical (unpaired) electrons. The molecule has 0 saturated carbocycles. The molecule has 0 aromatic heterocycles. The summed E-state index contributed by atoms with van der Waals surface area (Å²) >= 11 is 20.2. The van der Waals surface area contributed by atoms with Gasteiger partial charge in [0.2, 0.25) is 0 Å². The van der Waals surface area contributed by atoms with Crippen LogP contribution in [0.4, 0.5) is 0 Å². The van der Waals surface area contributed by atoms with Gasteiger partial charge in [-0.05, 0) is 106 Å². The van der Waals surface area contributed by atoms with Crippen molar-refractivity contribution in [1.29, 1.82) is 0 Å². The Labute approximate surface area is 222 Å². The van der Waals surface area contributed by atoms with Gasteiger partial charge in [-0.25, -0.2) is 9.59 Å². The zero-order valence-electron chi connectivity index (χ0n) is 14.5. The van der Waals surface area contributed by atoms with Gasteiger partial charge < -0.3 is 9.47 Å². The van der Waals surface area contributed by atoms with Gasteiger partial charge in [0.15, 0.2) is 11.5 Å². The normalized spacial score (nSPS) is 10.6. The second-order valence-corrected chi connectivity index (χ2v) is 11.0. The zero-order valence-corrected chi connectivity index (χ0v) is 24.0. The number of rotatable bonds is 4. The first kappa shape index (κ1) is 24.1. The van der Waals surface area contributed by atoms with E-state index in [0.717, 1.165) is 8.95 Å². The van der Waals surface area contributed by atoms with Crippen molar-refractivity contribution in [3.63, 3.8) is 0 Å². The lowest BCUT2D eigenvalue weighted by Crippen LogP contribution is -2.13. The Kier molecular flexibility index (Phi) is 8.36. The first-order valence-electron chi connectivity index (χ1n) is 7.99. The maximum atomic E-state index is 12.6. The van der Waals surface area contributed by atoms with Gasteiger partial charge in [0.05, 0.1) is 29.0 Å². The van der Waals surface area contributed by atoms with E-state index >= 15 is 0 Å². The van der Waals surface area contributed by atoms with E-state index in [1.54, 1.807) is 42.5 Å². The van der Waals surface area contributed by atoms with Crippen molar-refractivity contribution in [3.05, 3.63) is 86.5 Å². The summed E-state index contributed by atoms with van der Waals surface area (Å²) in [4.78, 5) is 25.3. The highest BCUT2D eigenvalue weighted by Gasteiger charge is 2.19.